The Bertz CT molecular complexity index is 976. The van der Waals surface area contributed by atoms with Crippen molar-refractivity contribution in [1.82, 2.24) is 4.57 Å². The summed E-state index contributed by atoms with van der Waals surface area (Å²) in [5.74, 6) is 1.10. The minimum Gasteiger partial charge on any atom is -0.457 e. The third-order valence-corrected chi connectivity index (χ3v) is 4.09. The quantitative estimate of drug-likeness (QED) is 0.476. The summed E-state index contributed by atoms with van der Waals surface area (Å²) in [6.45, 7) is 4.65. The van der Waals surface area contributed by atoms with Crippen LogP contribution in [0, 0.1) is 0 Å². The number of Topliss-reactive ketones (excluding diaryl/α,β-unsaturated/α-hetero) is 1. The molecule has 3 rings (SSSR count). The normalized spacial score (nSPS) is 10.8. The summed E-state index contributed by atoms with van der Waals surface area (Å²) in [5, 5.41) is 0.812. The van der Waals surface area contributed by atoms with Gasteiger partial charge >= 0.3 is 0 Å². The Hall–Kier alpha value is -2.92. The predicted molar refractivity (Wildman–Crippen MR) is 101 cm³/mol. The first-order valence-corrected chi connectivity index (χ1v) is 8.59. The average Bonchev–Trinajstić information content (AvgIpc) is 2.64. The first-order chi connectivity index (χ1) is 12.6. The molecule has 1 aromatic heterocycles. The van der Waals surface area contributed by atoms with E-state index >= 15 is 0 Å². The number of benzene rings is 2. The number of ether oxygens (including phenoxy) is 2. The Morgan fingerprint density at radius 1 is 1.04 bits per heavy atom. The van der Waals surface area contributed by atoms with Gasteiger partial charge in [-0.2, -0.15) is 0 Å². The zero-order chi connectivity index (χ0) is 18.5. The molecular weight excluding hydrogens is 330 g/mol. The largest absolute Gasteiger partial charge is 0.457 e. The number of hydrogen-bond donors (Lipinski definition) is 0. The molecule has 0 bridgehead atoms. The fraction of sp³-hybridized carbons (Fsp3) is 0.238. The third kappa shape index (κ3) is 3.83. The van der Waals surface area contributed by atoms with Gasteiger partial charge in [0.15, 0.2) is 5.78 Å². The Morgan fingerprint density at radius 2 is 1.81 bits per heavy atom. The Kier molecular flexibility index (Phi) is 5.49. The van der Waals surface area contributed by atoms with Crippen LogP contribution >= 0.6 is 0 Å². The van der Waals surface area contributed by atoms with Gasteiger partial charge in [-0.1, -0.05) is 18.2 Å². The number of pyridine rings is 1. The Morgan fingerprint density at radius 3 is 2.50 bits per heavy atom. The highest BCUT2D eigenvalue weighted by molar-refractivity contribution is 5.97. The van der Waals surface area contributed by atoms with Gasteiger partial charge in [0.25, 0.3) is 5.56 Å². The molecule has 26 heavy (non-hydrogen) atoms. The minimum atomic E-state index is -0.304. The minimum absolute atomic E-state index is 0.186. The molecule has 0 radical (unpaired) electrons. The molecule has 0 fully saturated rings. The maximum atomic E-state index is 12.7. The molecule has 0 unspecified atom stereocenters. The van der Waals surface area contributed by atoms with Crippen LogP contribution in [-0.4, -0.2) is 23.6 Å². The van der Waals surface area contributed by atoms with Crippen molar-refractivity contribution in [3.05, 3.63) is 70.5 Å². The number of hydrogen-bond acceptors (Lipinski definition) is 4. The fourth-order valence-corrected chi connectivity index (χ4v) is 2.81. The van der Waals surface area contributed by atoms with Gasteiger partial charge in [-0.25, -0.2) is 0 Å². The van der Waals surface area contributed by atoms with Crippen molar-refractivity contribution >= 4 is 16.7 Å². The molecule has 134 valence electrons. The molecule has 1 heterocycles. The fourth-order valence-electron chi connectivity index (χ4n) is 2.81. The van der Waals surface area contributed by atoms with Crippen LogP contribution < -0.4 is 10.3 Å². The molecule has 0 N–H and O–H groups in total. The van der Waals surface area contributed by atoms with Crippen LogP contribution in [0.3, 0.4) is 0 Å². The Balaban J connectivity index is 2.08. The van der Waals surface area contributed by atoms with E-state index in [2.05, 4.69) is 0 Å². The van der Waals surface area contributed by atoms with Crippen LogP contribution in [-0.2, 0) is 11.3 Å². The number of ketones is 1. The van der Waals surface area contributed by atoms with E-state index in [4.69, 9.17) is 9.47 Å². The van der Waals surface area contributed by atoms with E-state index < -0.39 is 0 Å². The van der Waals surface area contributed by atoms with Crippen molar-refractivity contribution in [2.24, 2.45) is 0 Å². The first-order valence-electron chi connectivity index (χ1n) is 8.59. The molecule has 2 aromatic carbocycles. The molecular formula is C21H21NO4. The number of carbonyl (C=O) groups is 1. The van der Waals surface area contributed by atoms with E-state index in [1.165, 1.54) is 6.92 Å². The molecule has 0 atom stereocenters. The van der Waals surface area contributed by atoms with Crippen LogP contribution in [0.4, 0.5) is 0 Å². The molecule has 0 amide bonds. The summed E-state index contributed by atoms with van der Waals surface area (Å²) in [6.07, 6.45) is 0. The van der Waals surface area contributed by atoms with Crippen LogP contribution in [0.25, 0.3) is 10.9 Å². The van der Waals surface area contributed by atoms with E-state index in [-0.39, 0.29) is 16.9 Å². The molecule has 0 aliphatic rings. The summed E-state index contributed by atoms with van der Waals surface area (Å²) in [4.78, 5) is 24.6. The SMILES string of the molecule is CCOCCn1c(=O)c(C(C)=O)cc2ccc(Oc3ccccc3)cc21. The maximum absolute atomic E-state index is 12.7. The molecule has 5 heteroatoms. The third-order valence-electron chi connectivity index (χ3n) is 4.09. The summed E-state index contributed by atoms with van der Waals surface area (Å²) < 4.78 is 12.8. The smallest absolute Gasteiger partial charge is 0.261 e. The summed E-state index contributed by atoms with van der Waals surface area (Å²) in [7, 11) is 0. The number of rotatable bonds is 7. The number of fused-ring (bicyclic) bond motifs is 1. The van der Waals surface area contributed by atoms with Crippen molar-refractivity contribution in [1.29, 1.82) is 0 Å². The number of aromatic nitrogens is 1. The molecule has 0 spiro atoms. The van der Waals surface area contributed by atoms with Gasteiger partial charge in [0.2, 0.25) is 0 Å². The van der Waals surface area contributed by atoms with Gasteiger partial charge < -0.3 is 14.0 Å². The average molecular weight is 351 g/mol. The van der Waals surface area contributed by atoms with Crippen LogP contribution in [0.2, 0.25) is 0 Å². The highest BCUT2D eigenvalue weighted by atomic mass is 16.5. The van der Waals surface area contributed by atoms with E-state index in [1.54, 1.807) is 10.6 Å². The molecule has 3 aromatic rings. The van der Waals surface area contributed by atoms with Gasteiger partial charge in [0.05, 0.1) is 17.7 Å². The van der Waals surface area contributed by atoms with Crippen LogP contribution in [0.15, 0.2) is 59.4 Å². The van der Waals surface area contributed by atoms with E-state index in [1.807, 2.05) is 55.5 Å². The molecule has 0 saturated carbocycles. The first kappa shape index (κ1) is 17.9. The number of carbonyl (C=O) groups excluding carboxylic acids is 1. The van der Waals surface area contributed by atoms with Crippen molar-refractivity contribution in [3.63, 3.8) is 0 Å². The monoisotopic (exact) mass is 351 g/mol. The highest BCUT2D eigenvalue weighted by Crippen LogP contribution is 2.25. The number of nitrogens with zero attached hydrogens (tertiary/aromatic N) is 1. The van der Waals surface area contributed by atoms with Crippen LogP contribution in [0.1, 0.15) is 24.2 Å². The second-order valence-electron chi connectivity index (χ2n) is 5.90. The second-order valence-corrected chi connectivity index (χ2v) is 5.90. The van der Waals surface area contributed by atoms with Crippen molar-refractivity contribution in [3.8, 4) is 11.5 Å². The Labute approximate surface area is 151 Å². The van der Waals surface area contributed by atoms with Crippen molar-refractivity contribution in [2.45, 2.75) is 20.4 Å². The zero-order valence-electron chi connectivity index (χ0n) is 14.9. The van der Waals surface area contributed by atoms with Gasteiger partial charge in [0.1, 0.15) is 11.5 Å². The molecule has 0 saturated heterocycles. The molecule has 5 nitrogen and oxygen atoms in total. The summed E-state index contributed by atoms with van der Waals surface area (Å²) in [6, 6.07) is 16.6. The van der Waals surface area contributed by atoms with Gasteiger partial charge in [0, 0.05) is 19.2 Å². The highest BCUT2D eigenvalue weighted by Gasteiger charge is 2.13. The molecule has 0 aliphatic heterocycles. The van der Waals surface area contributed by atoms with E-state index in [9.17, 15) is 9.59 Å². The van der Waals surface area contributed by atoms with Crippen molar-refractivity contribution < 1.29 is 14.3 Å². The van der Waals surface area contributed by atoms with E-state index in [0.29, 0.717) is 31.0 Å². The predicted octanol–water partition coefficient (Wildman–Crippen LogP) is 4.03. The van der Waals surface area contributed by atoms with Gasteiger partial charge in [-0.15, -0.1) is 0 Å². The van der Waals surface area contributed by atoms with Crippen LogP contribution in [0.5, 0.6) is 11.5 Å². The summed E-state index contributed by atoms with van der Waals surface area (Å²) >= 11 is 0. The lowest BCUT2D eigenvalue weighted by molar-refractivity contribution is 0.101. The maximum Gasteiger partial charge on any atom is 0.261 e. The lowest BCUT2D eigenvalue weighted by Crippen LogP contribution is -2.27. The molecule has 0 aliphatic carbocycles. The zero-order valence-corrected chi connectivity index (χ0v) is 14.9. The van der Waals surface area contributed by atoms with Gasteiger partial charge in [-0.05, 0) is 49.6 Å². The second kappa shape index (κ2) is 7.97. The lowest BCUT2D eigenvalue weighted by Gasteiger charge is -2.14. The topological polar surface area (TPSA) is 57.5 Å². The van der Waals surface area contributed by atoms with Crippen molar-refractivity contribution in [2.75, 3.05) is 13.2 Å². The van der Waals surface area contributed by atoms with E-state index in [0.717, 1.165) is 11.1 Å². The standard InChI is InChI=1S/C21H21NO4/c1-3-25-12-11-22-20-14-18(26-17-7-5-4-6-8-17)10-9-16(20)13-19(15(2)23)21(22)24/h4-10,13-14H,3,11-12H2,1-2H3. The number of para-hydroxylation sites is 1. The lowest BCUT2D eigenvalue weighted by atomic mass is 10.1. The summed E-state index contributed by atoms with van der Waals surface area (Å²) in [5.41, 5.74) is 0.598. The van der Waals surface area contributed by atoms with Gasteiger partial charge in [-0.3, -0.25) is 9.59 Å².